The minimum absolute atomic E-state index is 0.0822. The van der Waals surface area contributed by atoms with Gasteiger partial charge >= 0.3 is 6.09 Å². The summed E-state index contributed by atoms with van der Waals surface area (Å²) in [5.74, 6) is -0.143. The lowest BCUT2D eigenvalue weighted by atomic mass is 9.92. The van der Waals surface area contributed by atoms with Crippen molar-refractivity contribution in [2.45, 2.75) is 78.1 Å². The highest BCUT2D eigenvalue weighted by Gasteiger charge is 2.37. The van der Waals surface area contributed by atoms with E-state index in [2.05, 4.69) is 15.0 Å². The molecule has 194 valence electrons. The van der Waals surface area contributed by atoms with Crippen molar-refractivity contribution in [1.29, 1.82) is 0 Å². The zero-order chi connectivity index (χ0) is 26.6. The van der Waals surface area contributed by atoms with Gasteiger partial charge in [-0.15, -0.1) is 0 Å². The number of amides is 1. The van der Waals surface area contributed by atoms with Crippen LogP contribution in [0.15, 0.2) is 41.7 Å². The van der Waals surface area contributed by atoms with E-state index in [1.165, 1.54) is 12.3 Å². The van der Waals surface area contributed by atoms with Gasteiger partial charge in [-0.3, -0.25) is 4.79 Å². The minimum Gasteiger partial charge on any atom is -0.444 e. The summed E-state index contributed by atoms with van der Waals surface area (Å²) >= 11 is 0. The van der Waals surface area contributed by atoms with Crippen molar-refractivity contribution in [3.05, 3.63) is 58.8 Å². The maximum Gasteiger partial charge on any atom is 0.410 e. The summed E-state index contributed by atoms with van der Waals surface area (Å²) in [5, 5.41) is 0.390. The van der Waals surface area contributed by atoms with Crippen LogP contribution in [0.5, 0.6) is 0 Å². The topological polar surface area (TPSA) is 94.6 Å². The highest BCUT2D eigenvalue weighted by molar-refractivity contribution is 5.78. The van der Waals surface area contributed by atoms with Gasteiger partial charge in [0.25, 0.3) is 5.56 Å². The third-order valence-corrected chi connectivity index (χ3v) is 6.73. The molecule has 5 heterocycles. The number of piperidine rings is 1. The maximum absolute atomic E-state index is 14.6. The third-order valence-electron chi connectivity index (χ3n) is 6.73. The normalized spacial score (nSPS) is 20.5. The number of pyridine rings is 2. The van der Waals surface area contributed by atoms with Gasteiger partial charge in [0.2, 0.25) is 0 Å². The Morgan fingerprint density at radius 1 is 1.14 bits per heavy atom. The molecule has 0 aliphatic carbocycles. The van der Waals surface area contributed by atoms with Gasteiger partial charge in [-0.25, -0.2) is 24.1 Å². The average molecular weight is 507 g/mol. The molecular formula is C27H31FN6O3. The van der Waals surface area contributed by atoms with Gasteiger partial charge < -0.3 is 18.6 Å². The number of aryl methyl sites for hydroxylation is 1. The number of imidazole rings is 1. The monoisotopic (exact) mass is 506 g/mol. The number of rotatable bonds is 2. The molecule has 0 radical (unpaired) electrons. The molecule has 1 aliphatic heterocycles. The Hall–Kier alpha value is -3.82. The van der Waals surface area contributed by atoms with E-state index >= 15 is 0 Å². The second-order valence-electron chi connectivity index (χ2n) is 10.9. The summed E-state index contributed by atoms with van der Waals surface area (Å²) in [5.41, 5.74) is 1.16. The number of aromatic nitrogens is 5. The predicted molar refractivity (Wildman–Crippen MR) is 138 cm³/mol. The van der Waals surface area contributed by atoms with E-state index in [0.29, 0.717) is 40.8 Å². The maximum atomic E-state index is 14.6. The van der Waals surface area contributed by atoms with Crippen LogP contribution < -0.4 is 5.56 Å². The second kappa shape index (κ2) is 8.93. The molecular weight excluding hydrogens is 475 g/mol. The number of carbonyl (C=O) groups is 1. The summed E-state index contributed by atoms with van der Waals surface area (Å²) in [4.78, 5) is 41.1. The van der Waals surface area contributed by atoms with Crippen molar-refractivity contribution in [2.75, 3.05) is 0 Å². The van der Waals surface area contributed by atoms with Crippen LogP contribution in [-0.4, -0.2) is 52.6 Å². The fraction of sp³-hybridized carbons (Fsp3) is 0.444. The van der Waals surface area contributed by atoms with Crippen LogP contribution >= 0.6 is 0 Å². The first-order valence-corrected chi connectivity index (χ1v) is 12.5. The number of likely N-dealkylation sites (tertiary alicyclic amines) is 1. The molecule has 4 aromatic heterocycles. The SMILES string of the molecule is Cc1cn2cc(-c3ncc4c(=O)n(C5CC(C)N(C(=O)OC(C)(C)C)C(C)C5)ccc4n3)cc(F)c2n1. The second-order valence-corrected chi connectivity index (χ2v) is 10.9. The van der Waals surface area contributed by atoms with E-state index < -0.39 is 11.4 Å². The van der Waals surface area contributed by atoms with Crippen LogP contribution in [-0.2, 0) is 4.74 Å². The van der Waals surface area contributed by atoms with Gasteiger partial charge in [-0.05, 0) is 66.5 Å². The Bertz CT molecular complexity index is 1560. The fourth-order valence-electron chi connectivity index (χ4n) is 5.22. The van der Waals surface area contributed by atoms with Crippen molar-refractivity contribution >= 4 is 22.6 Å². The van der Waals surface area contributed by atoms with Gasteiger partial charge in [-0.2, -0.15) is 0 Å². The zero-order valence-electron chi connectivity index (χ0n) is 21.9. The van der Waals surface area contributed by atoms with Crippen molar-refractivity contribution in [3.63, 3.8) is 0 Å². The molecule has 1 saturated heterocycles. The van der Waals surface area contributed by atoms with E-state index in [4.69, 9.17) is 4.74 Å². The van der Waals surface area contributed by atoms with Crippen molar-refractivity contribution in [3.8, 4) is 11.4 Å². The summed E-state index contributed by atoms with van der Waals surface area (Å²) in [6, 6.07) is 2.86. The van der Waals surface area contributed by atoms with Crippen LogP contribution in [0.3, 0.4) is 0 Å². The Morgan fingerprint density at radius 3 is 2.51 bits per heavy atom. The number of nitrogens with zero attached hydrogens (tertiary/aromatic N) is 6. The molecule has 4 aromatic rings. The highest BCUT2D eigenvalue weighted by Crippen LogP contribution is 2.32. The first kappa shape index (κ1) is 24.9. The standard InChI is InChI=1S/C27H31FN6O3/c1-15-13-32-14-18(11-21(28)24(32)30-15)23-29-12-20-22(31-23)7-8-33(25(20)35)19-9-16(2)34(17(3)10-19)26(36)37-27(4,5)6/h7-8,11-14,16-17,19H,9-10H2,1-6H3. The van der Waals surface area contributed by atoms with Crippen LogP contribution in [0.25, 0.3) is 27.9 Å². The molecule has 0 aromatic carbocycles. The summed E-state index contributed by atoms with van der Waals surface area (Å²) < 4.78 is 23.5. The number of hydrogen-bond acceptors (Lipinski definition) is 6. The lowest BCUT2D eigenvalue weighted by molar-refractivity contribution is -0.00632. The number of hydrogen-bond donors (Lipinski definition) is 0. The van der Waals surface area contributed by atoms with Crippen LogP contribution in [0.2, 0.25) is 0 Å². The molecule has 1 aliphatic rings. The molecule has 1 fully saturated rings. The molecule has 0 bridgehead atoms. The molecule has 5 rings (SSSR count). The van der Waals surface area contributed by atoms with E-state index in [1.54, 1.807) is 45.4 Å². The molecule has 10 heteroatoms. The van der Waals surface area contributed by atoms with Crippen LogP contribution in [0, 0.1) is 12.7 Å². The van der Waals surface area contributed by atoms with Gasteiger partial charge in [-0.1, -0.05) is 0 Å². The van der Waals surface area contributed by atoms with Gasteiger partial charge in [0, 0.05) is 48.5 Å². The molecule has 37 heavy (non-hydrogen) atoms. The molecule has 2 atom stereocenters. The number of halogens is 1. The number of ether oxygens (including phenoxy) is 1. The van der Waals surface area contributed by atoms with Crippen LogP contribution in [0.1, 0.15) is 59.2 Å². The summed E-state index contributed by atoms with van der Waals surface area (Å²) in [7, 11) is 0. The summed E-state index contributed by atoms with van der Waals surface area (Å²) in [6.45, 7) is 11.3. The molecule has 0 spiro atoms. The molecule has 9 nitrogen and oxygen atoms in total. The van der Waals surface area contributed by atoms with Crippen molar-refractivity contribution in [1.82, 2.24) is 28.8 Å². The molecule has 1 amide bonds. The number of carbonyl (C=O) groups excluding carboxylic acids is 1. The van der Waals surface area contributed by atoms with E-state index in [9.17, 15) is 14.0 Å². The Balaban J connectivity index is 1.43. The first-order chi connectivity index (χ1) is 17.4. The third kappa shape index (κ3) is 4.68. The van der Waals surface area contributed by atoms with E-state index in [0.717, 1.165) is 0 Å². The number of fused-ring (bicyclic) bond motifs is 2. The lowest BCUT2D eigenvalue weighted by Gasteiger charge is -2.43. The quantitative estimate of drug-likeness (QED) is 0.384. The van der Waals surface area contributed by atoms with Crippen molar-refractivity contribution < 1.29 is 13.9 Å². The van der Waals surface area contributed by atoms with E-state index in [-0.39, 0.29) is 35.4 Å². The smallest absolute Gasteiger partial charge is 0.410 e. The van der Waals surface area contributed by atoms with Gasteiger partial charge in [0.05, 0.1) is 16.6 Å². The first-order valence-electron chi connectivity index (χ1n) is 12.5. The highest BCUT2D eigenvalue weighted by atomic mass is 19.1. The van der Waals surface area contributed by atoms with Crippen molar-refractivity contribution in [2.24, 2.45) is 0 Å². The van der Waals surface area contributed by atoms with Gasteiger partial charge in [0.15, 0.2) is 17.3 Å². The van der Waals surface area contributed by atoms with Gasteiger partial charge in [0.1, 0.15) is 5.60 Å². The largest absolute Gasteiger partial charge is 0.444 e. The Labute approximate surface area is 213 Å². The average Bonchev–Trinajstić information content (AvgIpc) is 3.18. The fourth-order valence-corrected chi connectivity index (χ4v) is 5.22. The molecule has 2 unspecified atom stereocenters. The molecule has 0 saturated carbocycles. The minimum atomic E-state index is -0.573. The Morgan fingerprint density at radius 2 is 1.84 bits per heavy atom. The molecule has 0 N–H and O–H groups in total. The lowest BCUT2D eigenvalue weighted by Crippen LogP contribution is -2.52. The van der Waals surface area contributed by atoms with Crippen LogP contribution in [0.4, 0.5) is 9.18 Å². The summed E-state index contributed by atoms with van der Waals surface area (Å²) in [6.07, 6.45) is 7.62. The zero-order valence-corrected chi connectivity index (χ0v) is 21.9. The Kier molecular flexibility index (Phi) is 6.00. The predicted octanol–water partition coefficient (Wildman–Crippen LogP) is 4.90. The van der Waals surface area contributed by atoms with E-state index in [1.807, 2.05) is 34.6 Å².